The normalized spacial score (nSPS) is 19.9. The van der Waals surface area contributed by atoms with Crippen LogP contribution in [0.1, 0.15) is 53.6 Å². The quantitative estimate of drug-likeness (QED) is 0.630. The van der Waals surface area contributed by atoms with Gasteiger partial charge in [0, 0.05) is 25.5 Å². The molecule has 5 rings (SSSR count). The van der Waals surface area contributed by atoms with Crippen LogP contribution < -0.4 is 9.62 Å². The lowest BCUT2D eigenvalue weighted by Gasteiger charge is -2.41. The summed E-state index contributed by atoms with van der Waals surface area (Å²) in [6.45, 7) is 3.01. The van der Waals surface area contributed by atoms with Gasteiger partial charge in [-0.05, 0) is 94.1 Å². The van der Waals surface area contributed by atoms with Crippen LogP contribution in [-0.4, -0.2) is 59.8 Å². The summed E-state index contributed by atoms with van der Waals surface area (Å²) >= 11 is 0. The number of amides is 2. The first-order chi connectivity index (χ1) is 16.7. The molecule has 1 aliphatic heterocycles. The number of urea groups is 1. The Bertz CT molecular complexity index is 1220. The lowest BCUT2D eigenvalue weighted by Crippen LogP contribution is -2.54. The minimum absolute atomic E-state index is 0.322. The number of likely N-dealkylation sites (N-methyl/N-ethyl adjacent to an activating group) is 1. The molecule has 0 saturated carbocycles. The topological polar surface area (TPSA) is 114 Å². The maximum Gasteiger partial charge on any atom is 0.326 e. The van der Waals surface area contributed by atoms with Crippen LogP contribution in [0.2, 0.25) is 0 Å². The molecule has 0 spiro atoms. The van der Waals surface area contributed by atoms with E-state index in [9.17, 15) is 18.4 Å². The van der Waals surface area contributed by atoms with Gasteiger partial charge < -0.3 is 15.4 Å². The Kier molecular flexibility index (Phi) is 6.27. The maximum absolute atomic E-state index is 13.7. The van der Waals surface area contributed by atoms with Crippen molar-refractivity contribution in [1.29, 1.82) is 0 Å². The molecule has 1 aromatic heterocycles. The van der Waals surface area contributed by atoms with E-state index in [1.807, 2.05) is 11.9 Å². The molecule has 1 N–H and O–H groups in total. The second-order valence-electron chi connectivity index (χ2n) is 10.0. The predicted octanol–water partition coefficient (Wildman–Crippen LogP) is 2.88. The van der Waals surface area contributed by atoms with E-state index in [1.165, 1.54) is 15.8 Å². The van der Waals surface area contributed by atoms with Crippen LogP contribution in [0.4, 0.5) is 16.2 Å². The number of carbonyl (C=O) groups is 1. The summed E-state index contributed by atoms with van der Waals surface area (Å²) < 4.78 is 29.7. The number of nitrogens with one attached hydrogen (secondary N) is 1. The standard InChI is InChI=1S/C24H33N6O4S/c1-16-22(15-28(3)26-16)29(19-9-6-12-27(2)14-19)35(33,34)30(32)24(31)25-23-20-10-4-7-17(20)13-18-8-5-11-21(18)23/h13,15,19H,4-12,14H2,1-3H3,(H,25,31)/q-1. The van der Waals surface area contributed by atoms with Gasteiger partial charge in [-0.2, -0.15) is 13.5 Å². The number of rotatable bonds is 5. The summed E-state index contributed by atoms with van der Waals surface area (Å²) in [4.78, 5) is 15.2. The minimum Gasteiger partial charge on any atom is -0.740 e. The predicted molar refractivity (Wildman–Crippen MR) is 135 cm³/mol. The summed E-state index contributed by atoms with van der Waals surface area (Å²) in [7, 11) is -1.09. The molecule has 1 fully saturated rings. The maximum atomic E-state index is 13.7. The molecular formula is C24H33N6O4S-. The van der Waals surface area contributed by atoms with Crippen molar-refractivity contribution >= 4 is 27.6 Å². The molecule has 1 atom stereocenters. The number of aryl methyl sites for hydroxylation is 4. The molecule has 2 heterocycles. The van der Waals surface area contributed by atoms with Crippen molar-refractivity contribution < 1.29 is 13.2 Å². The molecule has 1 unspecified atom stereocenters. The Morgan fingerprint density at radius 3 is 2.34 bits per heavy atom. The Morgan fingerprint density at radius 2 is 1.77 bits per heavy atom. The first-order valence-electron chi connectivity index (χ1n) is 12.3. The molecule has 0 radical (unpaired) electrons. The van der Waals surface area contributed by atoms with E-state index in [2.05, 4.69) is 16.5 Å². The van der Waals surface area contributed by atoms with Gasteiger partial charge in [0.2, 0.25) is 0 Å². The molecule has 35 heavy (non-hydrogen) atoms. The highest BCUT2D eigenvalue weighted by atomic mass is 32.2. The first kappa shape index (κ1) is 24.1. The van der Waals surface area contributed by atoms with Crippen LogP contribution in [0.5, 0.6) is 0 Å². The number of carbonyl (C=O) groups excluding carboxylic acids is 1. The summed E-state index contributed by atoms with van der Waals surface area (Å²) in [6.07, 6.45) is 8.46. The highest BCUT2D eigenvalue weighted by Gasteiger charge is 2.38. The van der Waals surface area contributed by atoms with Crippen LogP contribution in [-0.2, 0) is 42.9 Å². The molecule has 1 saturated heterocycles. The Morgan fingerprint density at radius 1 is 1.11 bits per heavy atom. The summed E-state index contributed by atoms with van der Waals surface area (Å²) in [5, 5.41) is 20.3. The summed E-state index contributed by atoms with van der Waals surface area (Å²) in [6, 6.07) is 0.574. The number of fused-ring (bicyclic) bond motifs is 2. The molecule has 1 aromatic carbocycles. The second kappa shape index (κ2) is 9.11. The largest absolute Gasteiger partial charge is 0.740 e. The van der Waals surface area contributed by atoms with Crippen molar-refractivity contribution in [3.63, 3.8) is 0 Å². The van der Waals surface area contributed by atoms with Gasteiger partial charge in [-0.15, -0.1) is 0 Å². The number of aromatic nitrogens is 2. The number of piperidine rings is 1. The lowest BCUT2D eigenvalue weighted by atomic mass is 9.99. The highest BCUT2D eigenvalue weighted by molar-refractivity contribution is 7.91. The molecule has 2 aromatic rings. The third-order valence-corrected chi connectivity index (χ3v) is 9.06. The van der Waals surface area contributed by atoms with Gasteiger partial charge in [-0.1, -0.05) is 6.07 Å². The van der Waals surface area contributed by atoms with Crippen molar-refractivity contribution in [2.75, 3.05) is 29.8 Å². The summed E-state index contributed by atoms with van der Waals surface area (Å²) in [5.41, 5.74) is 5.92. The Hall–Kier alpha value is -2.63. The van der Waals surface area contributed by atoms with Gasteiger partial charge in [0.25, 0.3) is 0 Å². The number of hydrogen-bond donors (Lipinski definition) is 1. The molecule has 2 amide bonds. The van der Waals surface area contributed by atoms with Gasteiger partial charge in [0.15, 0.2) is 0 Å². The van der Waals surface area contributed by atoms with Crippen molar-refractivity contribution in [3.05, 3.63) is 45.4 Å². The third kappa shape index (κ3) is 4.30. The smallest absolute Gasteiger partial charge is 0.326 e. The molecule has 3 aliphatic rings. The zero-order valence-electron chi connectivity index (χ0n) is 20.6. The van der Waals surface area contributed by atoms with Crippen molar-refractivity contribution in [2.24, 2.45) is 7.05 Å². The minimum atomic E-state index is -4.71. The van der Waals surface area contributed by atoms with Gasteiger partial charge in [0.1, 0.15) is 0 Å². The van der Waals surface area contributed by atoms with Gasteiger partial charge in [-0.3, -0.25) is 9.15 Å². The number of likely N-dealkylation sites (tertiary alicyclic amines) is 1. The molecule has 11 heteroatoms. The lowest BCUT2D eigenvalue weighted by molar-refractivity contribution is 0.241. The monoisotopic (exact) mass is 501 g/mol. The molecule has 0 bridgehead atoms. The van der Waals surface area contributed by atoms with E-state index >= 15 is 0 Å². The summed E-state index contributed by atoms with van der Waals surface area (Å²) in [5.74, 6) is 0. The van der Waals surface area contributed by atoms with Crippen molar-refractivity contribution in [3.8, 4) is 0 Å². The molecule has 10 nitrogen and oxygen atoms in total. The SMILES string of the molecule is Cc1nn(C)cc1N(C1CCCN(C)C1)S(=O)(=O)N([O-])C(=O)Nc1c2c(cc3c1CCC3)CCC2. The second-order valence-corrected chi connectivity index (χ2v) is 11.6. The molecule has 190 valence electrons. The van der Waals surface area contributed by atoms with Crippen LogP contribution in [0.3, 0.4) is 0 Å². The van der Waals surface area contributed by atoms with E-state index in [1.54, 1.807) is 20.2 Å². The van der Waals surface area contributed by atoms with E-state index < -0.39 is 22.3 Å². The van der Waals surface area contributed by atoms with Crippen LogP contribution >= 0.6 is 0 Å². The number of hydrogen-bond acceptors (Lipinski definition) is 6. The fourth-order valence-corrected chi connectivity index (χ4v) is 7.34. The Labute approximate surface area is 206 Å². The molecular weight excluding hydrogens is 468 g/mol. The number of benzene rings is 1. The Balaban J connectivity index is 1.48. The van der Waals surface area contributed by atoms with E-state index in [0.717, 1.165) is 66.9 Å². The van der Waals surface area contributed by atoms with Crippen molar-refractivity contribution in [2.45, 2.75) is 64.3 Å². The van der Waals surface area contributed by atoms with E-state index in [0.29, 0.717) is 30.0 Å². The van der Waals surface area contributed by atoms with Gasteiger partial charge >= 0.3 is 16.2 Å². The average molecular weight is 502 g/mol. The average Bonchev–Trinajstić information content (AvgIpc) is 3.53. The van der Waals surface area contributed by atoms with Crippen LogP contribution in [0.15, 0.2) is 12.3 Å². The fraction of sp³-hybridized carbons (Fsp3) is 0.583. The van der Waals surface area contributed by atoms with Crippen LogP contribution in [0.25, 0.3) is 0 Å². The van der Waals surface area contributed by atoms with E-state index in [4.69, 9.17) is 0 Å². The highest BCUT2D eigenvalue weighted by Crippen LogP contribution is 2.39. The zero-order chi connectivity index (χ0) is 24.9. The zero-order valence-corrected chi connectivity index (χ0v) is 21.4. The number of anilines is 2. The van der Waals surface area contributed by atoms with Crippen molar-refractivity contribution in [1.82, 2.24) is 19.1 Å². The fourth-order valence-electron chi connectivity index (χ4n) is 5.95. The number of nitrogens with zero attached hydrogens (tertiary/aromatic N) is 5. The van der Waals surface area contributed by atoms with Crippen LogP contribution in [0, 0.1) is 12.1 Å². The third-order valence-electron chi connectivity index (χ3n) is 7.49. The molecule has 2 aliphatic carbocycles. The van der Waals surface area contributed by atoms with E-state index in [-0.39, 0.29) is 4.47 Å². The first-order valence-corrected chi connectivity index (χ1v) is 13.7. The number of hydroxylamine groups is 1. The van der Waals surface area contributed by atoms with Gasteiger partial charge in [0.05, 0.1) is 17.4 Å². The van der Waals surface area contributed by atoms with Gasteiger partial charge in [-0.25, -0.2) is 9.10 Å².